The minimum Gasteiger partial charge on any atom is -0.487 e. The molecule has 158 valence electrons. The Hall–Kier alpha value is -3.30. The molecule has 2 aromatic carbocycles. The zero-order chi connectivity index (χ0) is 21.6. The molecule has 0 bridgehead atoms. The quantitative estimate of drug-likeness (QED) is 0.605. The minimum atomic E-state index is -1.62. The Balaban J connectivity index is 1.41. The van der Waals surface area contributed by atoms with Crippen molar-refractivity contribution in [2.75, 3.05) is 25.0 Å². The summed E-state index contributed by atoms with van der Waals surface area (Å²) in [7, 11) is 0. The molecule has 0 spiro atoms. The summed E-state index contributed by atoms with van der Waals surface area (Å²) in [6, 6.07) is 4.01. The van der Waals surface area contributed by atoms with Crippen molar-refractivity contribution in [2.24, 2.45) is 5.92 Å². The van der Waals surface area contributed by atoms with Crippen molar-refractivity contribution < 1.29 is 36.6 Å². The highest BCUT2D eigenvalue weighted by molar-refractivity contribution is 6.00. The van der Waals surface area contributed by atoms with Crippen LogP contribution < -0.4 is 14.8 Å². The van der Waals surface area contributed by atoms with Gasteiger partial charge in [0, 0.05) is 25.1 Å². The molecular formula is C20H16F4N2O4. The smallest absolute Gasteiger partial charge is 0.262 e. The largest absolute Gasteiger partial charge is 0.487 e. The number of nitrogens with one attached hydrogen (secondary N) is 1. The highest BCUT2D eigenvalue weighted by Gasteiger charge is 2.37. The molecule has 30 heavy (non-hydrogen) atoms. The van der Waals surface area contributed by atoms with Crippen molar-refractivity contribution in [3.05, 3.63) is 53.1 Å². The van der Waals surface area contributed by atoms with Gasteiger partial charge in [-0.15, -0.1) is 0 Å². The summed E-state index contributed by atoms with van der Waals surface area (Å²) in [6.07, 6.45) is -0.602. The number of nitrogens with zero attached hydrogens (tertiary/aromatic N) is 1. The van der Waals surface area contributed by atoms with Gasteiger partial charge in [-0.1, -0.05) is 0 Å². The second kappa shape index (κ2) is 7.51. The van der Waals surface area contributed by atoms with E-state index in [4.69, 9.17) is 9.47 Å². The Morgan fingerprint density at radius 2 is 1.90 bits per heavy atom. The first-order valence-electron chi connectivity index (χ1n) is 9.10. The van der Waals surface area contributed by atoms with Crippen LogP contribution in [0.1, 0.15) is 17.3 Å². The third-order valence-corrected chi connectivity index (χ3v) is 5.11. The molecule has 10 heteroatoms. The molecule has 6 nitrogen and oxygen atoms in total. The number of hydrogen-bond acceptors (Lipinski definition) is 4. The Morgan fingerprint density at radius 3 is 2.63 bits per heavy atom. The molecule has 1 atom stereocenters. The van der Waals surface area contributed by atoms with Crippen molar-refractivity contribution >= 4 is 17.5 Å². The summed E-state index contributed by atoms with van der Waals surface area (Å²) < 4.78 is 64.9. The molecular weight excluding hydrogens is 408 g/mol. The van der Waals surface area contributed by atoms with Crippen LogP contribution in [0.25, 0.3) is 0 Å². The fourth-order valence-corrected chi connectivity index (χ4v) is 3.31. The molecule has 0 radical (unpaired) electrons. The number of carbonyl (C=O) groups excluding carboxylic acids is 2. The Labute approximate surface area is 168 Å². The molecule has 1 fully saturated rings. The summed E-state index contributed by atoms with van der Waals surface area (Å²) in [4.78, 5) is 25.4. The van der Waals surface area contributed by atoms with Crippen molar-refractivity contribution in [3.63, 3.8) is 0 Å². The first-order valence-corrected chi connectivity index (χ1v) is 9.10. The molecule has 0 aliphatic carbocycles. The van der Waals surface area contributed by atoms with Crippen molar-refractivity contribution in [1.82, 2.24) is 4.90 Å². The fraction of sp³-hybridized carbons (Fsp3) is 0.300. The predicted molar refractivity (Wildman–Crippen MR) is 96.3 cm³/mol. The number of likely N-dealkylation sites (tertiary alicyclic amines) is 1. The maximum atomic E-state index is 14.3. The SMILES string of the molecule is CC(Oc1ccc(F)c(F)c1F)C1CN(C(=O)c2cc3c(cc2F)OCC(=O)N3)C1. The maximum absolute atomic E-state index is 14.3. The number of hydrogen-bond donors (Lipinski definition) is 1. The lowest BCUT2D eigenvalue weighted by Crippen LogP contribution is -2.55. The molecule has 1 unspecified atom stereocenters. The van der Waals surface area contributed by atoms with Gasteiger partial charge in [0.05, 0.1) is 11.3 Å². The van der Waals surface area contributed by atoms with Crippen LogP contribution in [0.4, 0.5) is 23.2 Å². The van der Waals surface area contributed by atoms with Gasteiger partial charge < -0.3 is 19.7 Å². The van der Waals surface area contributed by atoms with E-state index in [-0.39, 0.29) is 42.6 Å². The molecule has 1 saturated heterocycles. The van der Waals surface area contributed by atoms with Gasteiger partial charge in [0.25, 0.3) is 11.8 Å². The van der Waals surface area contributed by atoms with Crippen LogP contribution in [-0.2, 0) is 4.79 Å². The number of amides is 2. The highest BCUT2D eigenvalue weighted by atomic mass is 19.2. The van der Waals surface area contributed by atoms with E-state index in [0.717, 1.165) is 18.2 Å². The third kappa shape index (κ3) is 3.53. The summed E-state index contributed by atoms with van der Waals surface area (Å²) in [5, 5.41) is 2.51. The summed E-state index contributed by atoms with van der Waals surface area (Å²) in [5.74, 6) is -6.65. The van der Waals surface area contributed by atoms with Crippen LogP contribution in [0.3, 0.4) is 0 Å². The van der Waals surface area contributed by atoms with E-state index in [1.54, 1.807) is 6.92 Å². The lowest BCUT2D eigenvalue weighted by atomic mass is 9.93. The summed E-state index contributed by atoms with van der Waals surface area (Å²) >= 11 is 0. The maximum Gasteiger partial charge on any atom is 0.262 e. The second-order valence-corrected chi connectivity index (χ2v) is 7.13. The third-order valence-electron chi connectivity index (χ3n) is 5.11. The molecule has 2 aliphatic heterocycles. The van der Waals surface area contributed by atoms with Crippen LogP contribution in [-0.4, -0.2) is 42.5 Å². The van der Waals surface area contributed by atoms with E-state index in [1.165, 1.54) is 11.0 Å². The molecule has 2 amide bonds. The molecule has 2 aromatic rings. The molecule has 1 N–H and O–H groups in total. The molecule has 0 aromatic heterocycles. The van der Waals surface area contributed by atoms with E-state index >= 15 is 0 Å². The molecule has 2 aliphatic rings. The summed E-state index contributed by atoms with van der Waals surface area (Å²) in [6.45, 7) is 1.78. The normalized spacial score (nSPS) is 16.8. The van der Waals surface area contributed by atoms with E-state index in [2.05, 4.69) is 5.32 Å². The number of carbonyl (C=O) groups is 2. The van der Waals surface area contributed by atoms with E-state index in [1.807, 2.05) is 0 Å². The monoisotopic (exact) mass is 424 g/mol. The van der Waals surface area contributed by atoms with Crippen LogP contribution in [0.5, 0.6) is 11.5 Å². The van der Waals surface area contributed by atoms with Crippen LogP contribution in [0, 0.1) is 29.2 Å². The number of ether oxygens (including phenoxy) is 2. The first-order chi connectivity index (χ1) is 14.2. The van der Waals surface area contributed by atoms with Crippen LogP contribution >= 0.6 is 0 Å². The number of halogens is 4. The zero-order valence-corrected chi connectivity index (χ0v) is 15.7. The minimum absolute atomic E-state index is 0.140. The second-order valence-electron chi connectivity index (χ2n) is 7.13. The molecule has 2 heterocycles. The lowest BCUT2D eigenvalue weighted by Gasteiger charge is -2.42. The van der Waals surface area contributed by atoms with Crippen molar-refractivity contribution in [1.29, 1.82) is 0 Å². The fourth-order valence-electron chi connectivity index (χ4n) is 3.31. The average Bonchev–Trinajstić information content (AvgIpc) is 2.67. The van der Waals surface area contributed by atoms with Crippen LogP contribution in [0.2, 0.25) is 0 Å². The highest BCUT2D eigenvalue weighted by Crippen LogP contribution is 2.33. The number of benzene rings is 2. The van der Waals surface area contributed by atoms with Gasteiger partial charge in [-0.2, -0.15) is 4.39 Å². The van der Waals surface area contributed by atoms with Gasteiger partial charge in [0.15, 0.2) is 24.0 Å². The topological polar surface area (TPSA) is 67.9 Å². The molecule has 4 rings (SSSR count). The first kappa shape index (κ1) is 20.0. The Bertz CT molecular complexity index is 1040. The number of fused-ring (bicyclic) bond motifs is 1. The average molecular weight is 424 g/mol. The van der Waals surface area contributed by atoms with Gasteiger partial charge in [-0.05, 0) is 25.1 Å². The van der Waals surface area contributed by atoms with Gasteiger partial charge >= 0.3 is 0 Å². The Morgan fingerprint density at radius 1 is 1.17 bits per heavy atom. The van der Waals surface area contributed by atoms with E-state index in [9.17, 15) is 27.2 Å². The van der Waals surface area contributed by atoms with Gasteiger partial charge in [0.2, 0.25) is 5.82 Å². The van der Waals surface area contributed by atoms with Crippen molar-refractivity contribution in [3.8, 4) is 11.5 Å². The van der Waals surface area contributed by atoms with Gasteiger partial charge in [-0.25, -0.2) is 13.2 Å². The van der Waals surface area contributed by atoms with Gasteiger partial charge in [-0.3, -0.25) is 9.59 Å². The molecule has 0 saturated carbocycles. The summed E-state index contributed by atoms with van der Waals surface area (Å²) in [5.41, 5.74) is -0.0168. The van der Waals surface area contributed by atoms with Gasteiger partial charge in [0.1, 0.15) is 17.7 Å². The Kier molecular flexibility index (Phi) is 5.00. The van der Waals surface area contributed by atoms with Crippen molar-refractivity contribution in [2.45, 2.75) is 13.0 Å². The standard InChI is InChI=1S/C20H16F4N2O4/c1-9(30-15-3-2-12(21)18(23)19(15)24)10-6-26(7-10)20(28)11-4-14-16(5-13(11)22)29-8-17(27)25-14/h2-5,9-10H,6-8H2,1H3,(H,25,27). The lowest BCUT2D eigenvalue weighted by molar-refractivity contribution is -0.118. The van der Waals surface area contributed by atoms with Crippen LogP contribution in [0.15, 0.2) is 24.3 Å². The zero-order valence-electron chi connectivity index (χ0n) is 15.7. The predicted octanol–water partition coefficient (Wildman–Crippen LogP) is 3.11. The van der Waals surface area contributed by atoms with E-state index < -0.39 is 46.9 Å². The number of anilines is 1. The van der Waals surface area contributed by atoms with E-state index in [0.29, 0.717) is 0 Å². The number of rotatable bonds is 4.